The lowest BCUT2D eigenvalue weighted by Gasteiger charge is -2.12. The molecule has 0 unspecified atom stereocenters. The van der Waals surface area contributed by atoms with E-state index in [1.165, 1.54) is 99.2 Å². The van der Waals surface area contributed by atoms with Gasteiger partial charge in [-0.25, -0.2) is 0 Å². The van der Waals surface area contributed by atoms with E-state index in [1.807, 2.05) is 0 Å². The third-order valence-electron chi connectivity index (χ3n) is 12.5. The first-order valence-corrected chi connectivity index (χ1v) is 21.3. The van der Waals surface area contributed by atoms with E-state index < -0.39 is 0 Å². The van der Waals surface area contributed by atoms with E-state index in [1.54, 1.807) is 0 Å². The van der Waals surface area contributed by atoms with Crippen LogP contribution in [-0.4, -0.2) is 9.13 Å². The van der Waals surface area contributed by atoms with Crippen LogP contribution in [0.15, 0.2) is 243 Å². The Balaban J connectivity index is 1.04. The molecule has 0 spiro atoms. The molecule has 2 heterocycles. The van der Waals surface area contributed by atoms with Crippen LogP contribution >= 0.6 is 0 Å². The van der Waals surface area contributed by atoms with E-state index in [9.17, 15) is 0 Å². The van der Waals surface area contributed by atoms with Crippen LogP contribution in [0.25, 0.3) is 111 Å². The van der Waals surface area contributed by atoms with Crippen molar-refractivity contribution in [1.29, 1.82) is 0 Å². The molecule has 0 fully saturated rings. The Kier molecular flexibility index (Phi) is 8.53. The molecule has 0 aliphatic heterocycles. The standard InChI is InChI=1S/C60H40N2/c1-5-14-41(15-6-1)45-24-30-51(31-25-45)61-58-33-27-47(43-18-9-3-10-19-43)37-55(58)56-39-49(29-35-59(56)61)48-28-34-57-54(38-48)53-32-26-50(44-20-11-4-12-21-44)40-60(53)62(57)52-23-13-22-46(36-52)42-16-7-2-8-17-42/h1-40H. The topological polar surface area (TPSA) is 9.86 Å². The summed E-state index contributed by atoms with van der Waals surface area (Å²) in [6.07, 6.45) is 0. The highest BCUT2D eigenvalue weighted by Crippen LogP contribution is 2.41. The first-order valence-electron chi connectivity index (χ1n) is 21.3. The van der Waals surface area contributed by atoms with Gasteiger partial charge in [0.25, 0.3) is 0 Å². The molecular formula is C60H40N2. The maximum atomic E-state index is 2.44. The van der Waals surface area contributed by atoms with Crippen LogP contribution in [0.2, 0.25) is 0 Å². The quantitative estimate of drug-likeness (QED) is 0.152. The van der Waals surface area contributed by atoms with Gasteiger partial charge in [-0.05, 0) is 122 Å². The summed E-state index contributed by atoms with van der Waals surface area (Å²) in [6.45, 7) is 0. The van der Waals surface area contributed by atoms with Gasteiger partial charge in [0.1, 0.15) is 0 Å². The molecule has 0 atom stereocenters. The average molecular weight is 789 g/mol. The number of fused-ring (bicyclic) bond motifs is 6. The highest BCUT2D eigenvalue weighted by Gasteiger charge is 2.18. The Morgan fingerprint density at radius 1 is 0.177 bits per heavy atom. The Bertz CT molecular complexity index is 3580. The number of hydrogen-bond donors (Lipinski definition) is 0. The highest BCUT2D eigenvalue weighted by atomic mass is 15.0. The monoisotopic (exact) mass is 788 g/mol. The van der Waals surface area contributed by atoms with E-state index in [4.69, 9.17) is 0 Å². The van der Waals surface area contributed by atoms with Crippen molar-refractivity contribution in [2.45, 2.75) is 0 Å². The third kappa shape index (κ3) is 6.12. The van der Waals surface area contributed by atoms with Gasteiger partial charge in [0.05, 0.1) is 22.1 Å². The van der Waals surface area contributed by atoms with Gasteiger partial charge < -0.3 is 9.13 Å². The van der Waals surface area contributed by atoms with Crippen molar-refractivity contribution in [2.75, 3.05) is 0 Å². The molecule has 12 aromatic rings. The molecule has 0 aliphatic carbocycles. The van der Waals surface area contributed by atoms with Crippen molar-refractivity contribution in [3.8, 4) is 67.0 Å². The minimum Gasteiger partial charge on any atom is -0.309 e. The smallest absolute Gasteiger partial charge is 0.0547 e. The minimum atomic E-state index is 1.14. The van der Waals surface area contributed by atoms with Gasteiger partial charge in [0, 0.05) is 32.9 Å². The molecule has 0 saturated carbocycles. The van der Waals surface area contributed by atoms with Crippen molar-refractivity contribution in [3.63, 3.8) is 0 Å². The lowest BCUT2D eigenvalue weighted by molar-refractivity contribution is 1.18. The summed E-state index contributed by atoms with van der Waals surface area (Å²) in [7, 11) is 0. The van der Waals surface area contributed by atoms with Gasteiger partial charge in [0.2, 0.25) is 0 Å². The normalized spacial score (nSPS) is 11.5. The second-order valence-electron chi connectivity index (χ2n) is 16.2. The van der Waals surface area contributed by atoms with Crippen LogP contribution in [0.5, 0.6) is 0 Å². The summed E-state index contributed by atoms with van der Waals surface area (Å²) in [5.41, 5.74) is 19.1. The first kappa shape index (κ1) is 35.7. The number of rotatable bonds is 7. The van der Waals surface area contributed by atoms with Crippen molar-refractivity contribution in [1.82, 2.24) is 9.13 Å². The van der Waals surface area contributed by atoms with Crippen LogP contribution in [0.4, 0.5) is 0 Å². The van der Waals surface area contributed by atoms with Gasteiger partial charge >= 0.3 is 0 Å². The fourth-order valence-corrected chi connectivity index (χ4v) is 9.47. The molecule has 12 rings (SSSR count). The van der Waals surface area contributed by atoms with Crippen LogP contribution in [0, 0.1) is 0 Å². The van der Waals surface area contributed by atoms with E-state index in [0.717, 1.165) is 11.4 Å². The maximum Gasteiger partial charge on any atom is 0.0547 e. The predicted molar refractivity (Wildman–Crippen MR) is 262 cm³/mol. The third-order valence-corrected chi connectivity index (χ3v) is 12.5. The molecule has 0 bridgehead atoms. The second kappa shape index (κ2) is 14.8. The molecule has 2 aromatic heterocycles. The van der Waals surface area contributed by atoms with Crippen LogP contribution in [0.3, 0.4) is 0 Å². The first-order chi connectivity index (χ1) is 30.7. The zero-order chi connectivity index (χ0) is 41.0. The van der Waals surface area contributed by atoms with Crippen LogP contribution in [0.1, 0.15) is 0 Å². The SMILES string of the molecule is c1ccc(-c2ccc(-n3c4ccc(-c5ccccc5)cc4c4cc(-c5ccc6c(c5)c5ccc(-c7ccccc7)cc5n6-c5cccc(-c6ccccc6)c5)ccc43)cc2)cc1. The average Bonchev–Trinajstić information content (AvgIpc) is 3.86. The Labute approximate surface area is 360 Å². The fourth-order valence-electron chi connectivity index (χ4n) is 9.47. The molecule has 290 valence electrons. The molecule has 0 aliphatic rings. The van der Waals surface area contributed by atoms with Gasteiger partial charge in [-0.1, -0.05) is 176 Å². The number of aromatic nitrogens is 2. The summed E-state index contributed by atoms with van der Waals surface area (Å²) in [4.78, 5) is 0. The molecule has 0 saturated heterocycles. The molecule has 0 radical (unpaired) electrons. The van der Waals surface area contributed by atoms with E-state index in [2.05, 4.69) is 252 Å². The molecule has 2 nitrogen and oxygen atoms in total. The number of benzene rings is 10. The lowest BCUT2D eigenvalue weighted by atomic mass is 9.99. The van der Waals surface area contributed by atoms with Gasteiger partial charge in [-0.2, -0.15) is 0 Å². The van der Waals surface area contributed by atoms with E-state index >= 15 is 0 Å². The maximum absolute atomic E-state index is 2.44. The van der Waals surface area contributed by atoms with Gasteiger partial charge in [0.15, 0.2) is 0 Å². The minimum absolute atomic E-state index is 1.14. The summed E-state index contributed by atoms with van der Waals surface area (Å²) >= 11 is 0. The van der Waals surface area contributed by atoms with Crippen molar-refractivity contribution < 1.29 is 0 Å². The summed E-state index contributed by atoms with van der Waals surface area (Å²) < 4.78 is 4.86. The second-order valence-corrected chi connectivity index (χ2v) is 16.2. The molecule has 0 N–H and O–H groups in total. The lowest BCUT2D eigenvalue weighted by Crippen LogP contribution is -1.95. The molecule has 10 aromatic carbocycles. The highest BCUT2D eigenvalue weighted by molar-refractivity contribution is 6.14. The van der Waals surface area contributed by atoms with E-state index in [0.29, 0.717) is 0 Å². The molecular weight excluding hydrogens is 749 g/mol. The largest absolute Gasteiger partial charge is 0.309 e. The van der Waals surface area contributed by atoms with Gasteiger partial charge in [-0.15, -0.1) is 0 Å². The number of nitrogens with zero attached hydrogens (tertiary/aromatic N) is 2. The molecule has 0 amide bonds. The van der Waals surface area contributed by atoms with Crippen LogP contribution in [-0.2, 0) is 0 Å². The van der Waals surface area contributed by atoms with Crippen molar-refractivity contribution in [2.24, 2.45) is 0 Å². The Morgan fingerprint density at radius 2 is 0.516 bits per heavy atom. The molecule has 2 heteroatoms. The summed E-state index contributed by atoms with van der Waals surface area (Å²) in [5, 5.41) is 4.93. The van der Waals surface area contributed by atoms with Crippen molar-refractivity contribution in [3.05, 3.63) is 243 Å². The molecule has 62 heavy (non-hydrogen) atoms. The van der Waals surface area contributed by atoms with Crippen molar-refractivity contribution >= 4 is 43.6 Å². The summed E-state index contributed by atoms with van der Waals surface area (Å²) in [5.74, 6) is 0. The summed E-state index contributed by atoms with van der Waals surface area (Å²) in [6, 6.07) is 88.5. The van der Waals surface area contributed by atoms with E-state index in [-0.39, 0.29) is 0 Å². The Hall–Kier alpha value is -8.20. The zero-order valence-corrected chi connectivity index (χ0v) is 34.0. The predicted octanol–water partition coefficient (Wildman–Crippen LogP) is 16.2. The fraction of sp³-hybridized carbons (Fsp3) is 0. The van der Waals surface area contributed by atoms with Crippen LogP contribution < -0.4 is 0 Å². The van der Waals surface area contributed by atoms with Gasteiger partial charge in [-0.3, -0.25) is 0 Å². The number of hydrogen-bond acceptors (Lipinski definition) is 0. The Morgan fingerprint density at radius 3 is 1.02 bits per heavy atom. The zero-order valence-electron chi connectivity index (χ0n) is 34.0.